The first kappa shape index (κ1) is 13.4. The van der Waals surface area contributed by atoms with Gasteiger partial charge in [-0.05, 0) is 19.3 Å². The van der Waals surface area contributed by atoms with E-state index in [1.807, 2.05) is 6.08 Å². The third-order valence-corrected chi connectivity index (χ3v) is 2.19. The summed E-state index contributed by atoms with van der Waals surface area (Å²) in [7, 11) is 0. The van der Waals surface area contributed by atoms with Crippen LogP contribution in [-0.4, -0.2) is 11.7 Å². The summed E-state index contributed by atoms with van der Waals surface area (Å²) in [6, 6.07) is 0. The molecule has 0 unspecified atom stereocenters. The van der Waals surface area contributed by atoms with Crippen molar-refractivity contribution in [2.75, 3.05) is 6.61 Å². The molecule has 0 atom stereocenters. The maximum absolute atomic E-state index is 8.48. The monoisotopic (exact) mass is 196 g/mol. The van der Waals surface area contributed by atoms with Gasteiger partial charge in [0.25, 0.3) is 0 Å². The number of allylic oxidation sites excluding steroid dienone is 3. The summed E-state index contributed by atoms with van der Waals surface area (Å²) in [6.07, 6.45) is 17.1. The van der Waals surface area contributed by atoms with Crippen molar-refractivity contribution in [1.29, 1.82) is 0 Å². The first-order valence-corrected chi connectivity index (χ1v) is 5.82. The van der Waals surface area contributed by atoms with Crippen molar-refractivity contribution < 1.29 is 5.11 Å². The molecule has 1 heteroatoms. The Morgan fingerprint density at radius 2 is 1.57 bits per heavy atom. The van der Waals surface area contributed by atoms with Crippen LogP contribution in [-0.2, 0) is 0 Å². The molecule has 1 nitrogen and oxygen atoms in total. The lowest BCUT2D eigenvalue weighted by Gasteiger charge is -1.95. The van der Waals surface area contributed by atoms with Crippen LogP contribution in [0, 0.1) is 0 Å². The van der Waals surface area contributed by atoms with Gasteiger partial charge in [-0.25, -0.2) is 0 Å². The Bertz CT molecular complexity index is 147. The average Bonchev–Trinajstić information content (AvgIpc) is 2.21. The van der Waals surface area contributed by atoms with E-state index in [9.17, 15) is 0 Å². The molecule has 1 N–H and O–H groups in total. The summed E-state index contributed by atoms with van der Waals surface area (Å²) in [6.45, 7) is 2.40. The van der Waals surface area contributed by atoms with Crippen molar-refractivity contribution >= 4 is 0 Å². The van der Waals surface area contributed by atoms with Crippen molar-refractivity contribution in [2.24, 2.45) is 0 Å². The Labute approximate surface area is 88.5 Å². The largest absolute Gasteiger partial charge is 0.392 e. The van der Waals surface area contributed by atoms with Gasteiger partial charge in [0.15, 0.2) is 0 Å². The van der Waals surface area contributed by atoms with Gasteiger partial charge in [0.2, 0.25) is 0 Å². The Kier molecular flexibility index (Phi) is 11.9. The Hall–Kier alpha value is -0.560. The number of aliphatic hydroxyl groups is 1. The molecular weight excluding hydrogens is 172 g/mol. The van der Waals surface area contributed by atoms with Crippen LogP contribution in [0.15, 0.2) is 24.3 Å². The molecule has 0 saturated carbocycles. The molecular formula is C13H24O. The molecule has 82 valence electrons. The van der Waals surface area contributed by atoms with Gasteiger partial charge in [-0.2, -0.15) is 0 Å². The van der Waals surface area contributed by atoms with E-state index in [-0.39, 0.29) is 6.61 Å². The van der Waals surface area contributed by atoms with Crippen LogP contribution in [0.3, 0.4) is 0 Å². The van der Waals surface area contributed by atoms with Crippen molar-refractivity contribution in [3.63, 3.8) is 0 Å². The molecule has 0 spiro atoms. The van der Waals surface area contributed by atoms with Gasteiger partial charge in [0.05, 0.1) is 6.61 Å². The van der Waals surface area contributed by atoms with E-state index in [1.165, 1.54) is 38.5 Å². The zero-order valence-electron chi connectivity index (χ0n) is 9.41. The fourth-order valence-corrected chi connectivity index (χ4v) is 1.33. The Morgan fingerprint density at radius 1 is 0.857 bits per heavy atom. The lowest BCUT2D eigenvalue weighted by molar-refractivity contribution is 0.342. The van der Waals surface area contributed by atoms with E-state index in [2.05, 4.69) is 19.1 Å². The first-order valence-electron chi connectivity index (χ1n) is 5.82. The third-order valence-electron chi connectivity index (χ3n) is 2.19. The molecule has 0 bridgehead atoms. The number of rotatable bonds is 9. The van der Waals surface area contributed by atoms with Crippen molar-refractivity contribution in [3.05, 3.63) is 24.3 Å². The highest BCUT2D eigenvalue weighted by Crippen LogP contribution is 2.05. The fourth-order valence-electron chi connectivity index (χ4n) is 1.33. The second-order valence-electron chi connectivity index (χ2n) is 3.56. The Morgan fingerprint density at radius 3 is 2.29 bits per heavy atom. The van der Waals surface area contributed by atoms with E-state index >= 15 is 0 Å². The zero-order chi connectivity index (χ0) is 10.5. The zero-order valence-corrected chi connectivity index (χ0v) is 9.41. The molecule has 0 saturated heterocycles. The number of hydrogen-bond acceptors (Lipinski definition) is 1. The second-order valence-corrected chi connectivity index (χ2v) is 3.56. The molecule has 0 aliphatic heterocycles. The Balaban J connectivity index is 3.07. The minimum absolute atomic E-state index is 0.158. The van der Waals surface area contributed by atoms with E-state index in [4.69, 9.17) is 5.11 Å². The molecule has 0 amide bonds. The molecule has 0 aliphatic carbocycles. The molecule has 0 heterocycles. The van der Waals surface area contributed by atoms with Crippen LogP contribution < -0.4 is 0 Å². The first-order chi connectivity index (χ1) is 6.91. The molecule has 0 aliphatic rings. The van der Waals surface area contributed by atoms with Gasteiger partial charge < -0.3 is 5.11 Å². The quantitative estimate of drug-likeness (QED) is 0.439. The maximum atomic E-state index is 8.48. The highest BCUT2D eigenvalue weighted by Gasteiger charge is 1.85. The fraction of sp³-hybridized carbons (Fsp3) is 0.692. The van der Waals surface area contributed by atoms with Crippen LogP contribution in [0.1, 0.15) is 51.9 Å². The van der Waals surface area contributed by atoms with Gasteiger partial charge in [-0.3, -0.25) is 0 Å². The lowest BCUT2D eigenvalue weighted by Crippen LogP contribution is -1.75. The van der Waals surface area contributed by atoms with Crippen LogP contribution in [0.2, 0.25) is 0 Å². The maximum Gasteiger partial charge on any atom is 0.0612 e. The number of hydrogen-bond donors (Lipinski definition) is 1. The molecule has 0 aromatic rings. The van der Waals surface area contributed by atoms with Crippen LogP contribution in [0.25, 0.3) is 0 Å². The summed E-state index contributed by atoms with van der Waals surface area (Å²) in [5.41, 5.74) is 0. The van der Waals surface area contributed by atoms with E-state index in [0.29, 0.717) is 0 Å². The molecule has 0 radical (unpaired) electrons. The number of aliphatic hydroxyl groups excluding tert-OH is 1. The minimum Gasteiger partial charge on any atom is -0.392 e. The van der Waals surface area contributed by atoms with Gasteiger partial charge in [0, 0.05) is 0 Å². The van der Waals surface area contributed by atoms with Crippen LogP contribution in [0.4, 0.5) is 0 Å². The van der Waals surface area contributed by atoms with Crippen LogP contribution >= 0.6 is 0 Å². The molecule has 0 aromatic carbocycles. The van der Waals surface area contributed by atoms with Gasteiger partial charge in [-0.1, -0.05) is 56.9 Å². The van der Waals surface area contributed by atoms with E-state index in [1.54, 1.807) is 6.08 Å². The topological polar surface area (TPSA) is 20.2 Å². The molecule has 0 aromatic heterocycles. The van der Waals surface area contributed by atoms with Crippen molar-refractivity contribution in [1.82, 2.24) is 0 Å². The van der Waals surface area contributed by atoms with Crippen LogP contribution in [0.5, 0.6) is 0 Å². The summed E-state index contributed by atoms with van der Waals surface area (Å²) in [4.78, 5) is 0. The highest BCUT2D eigenvalue weighted by atomic mass is 16.2. The summed E-state index contributed by atoms with van der Waals surface area (Å²) < 4.78 is 0. The van der Waals surface area contributed by atoms with Gasteiger partial charge >= 0.3 is 0 Å². The smallest absolute Gasteiger partial charge is 0.0612 e. The second kappa shape index (κ2) is 12.4. The van der Waals surface area contributed by atoms with E-state index in [0.717, 1.165) is 6.42 Å². The molecule has 14 heavy (non-hydrogen) atoms. The SMILES string of the molecule is CCCCCCCC=CCC=CCO. The van der Waals surface area contributed by atoms with Gasteiger partial charge in [0.1, 0.15) is 0 Å². The predicted octanol–water partition coefficient (Wildman–Crippen LogP) is 3.84. The summed E-state index contributed by atoms with van der Waals surface area (Å²) in [5, 5.41) is 8.48. The van der Waals surface area contributed by atoms with Crippen molar-refractivity contribution in [2.45, 2.75) is 51.9 Å². The normalized spacial score (nSPS) is 11.9. The minimum atomic E-state index is 0.158. The van der Waals surface area contributed by atoms with E-state index < -0.39 is 0 Å². The van der Waals surface area contributed by atoms with Gasteiger partial charge in [-0.15, -0.1) is 0 Å². The molecule has 0 rings (SSSR count). The summed E-state index contributed by atoms with van der Waals surface area (Å²) >= 11 is 0. The predicted molar refractivity (Wildman–Crippen MR) is 63.4 cm³/mol. The van der Waals surface area contributed by atoms with Crippen molar-refractivity contribution in [3.8, 4) is 0 Å². The highest BCUT2D eigenvalue weighted by molar-refractivity contribution is 4.92. The average molecular weight is 196 g/mol. The summed E-state index contributed by atoms with van der Waals surface area (Å²) in [5.74, 6) is 0. The third kappa shape index (κ3) is 11.4. The lowest BCUT2D eigenvalue weighted by atomic mass is 10.1. The standard InChI is InChI=1S/C13H24O/c1-2-3-4-5-6-7-8-9-10-11-12-13-14/h8-9,11-12,14H,2-7,10,13H2,1H3. The molecule has 0 fully saturated rings. The number of unbranched alkanes of at least 4 members (excludes halogenated alkanes) is 5.